The molecule has 0 N–H and O–H groups in total. The van der Waals surface area contributed by atoms with Gasteiger partial charge in [0.1, 0.15) is 0 Å². The molecule has 0 aliphatic heterocycles. The first kappa shape index (κ1) is 15.7. The quantitative estimate of drug-likeness (QED) is 0.423. The van der Waals surface area contributed by atoms with E-state index < -0.39 is 0 Å². The number of hydrogen-bond acceptors (Lipinski definition) is 0. The predicted molar refractivity (Wildman–Crippen MR) is 17.5 cm³/mol. The van der Waals surface area contributed by atoms with Gasteiger partial charge in [0.25, 0.3) is 0 Å². The Hall–Kier alpha value is 2.39. The molecule has 0 aromatic heterocycles. The van der Waals surface area contributed by atoms with Gasteiger partial charge in [0, 0.05) is 17.1 Å². The minimum Gasteiger partial charge on any atom is 0 e. The van der Waals surface area contributed by atoms with Crippen LogP contribution in [-0.2, 0) is 52.2 Å². The zero-order chi connectivity index (χ0) is 4.00. The third kappa shape index (κ3) is 21.6. The largest absolute Gasteiger partial charge is 0 e. The molecule has 2 radical (unpaired) electrons. The summed E-state index contributed by atoms with van der Waals surface area (Å²) in [6, 6.07) is 0. The molecule has 0 heterocycles. The summed E-state index contributed by atoms with van der Waals surface area (Å²) >= 11 is 2.06. The molecule has 0 aromatic carbocycles. The average molecular weight is 510 g/mol. The maximum atomic E-state index is 2.19. The van der Waals surface area contributed by atoms with E-state index in [4.69, 9.17) is 0 Å². The van der Waals surface area contributed by atoms with Crippen molar-refractivity contribution in [1.82, 2.24) is 0 Å². The van der Waals surface area contributed by atoms with E-state index in [0.717, 1.165) is 52.2 Å². The number of rotatable bonds is 0. The van der Waals surface area contributed by atoms with Gasteiger partial charge in [-0.15, -0.1) is 0 Å². The fourth-order valence-electron chi connectivity index (χ4n) is 0. The van der Waals surface area contributed by atoms with Crippen molar-refractivity contribution in [3.05, 3.63) is 0 Å². The zero-order valence-corrected chi connectivity index (χ0v) is 16.5. The first-order valence-corrected chi connectivity index (χ1v) is 12.4. The fraction of sp³-hybridized carbons (Fsp3) is 1.00. The molecule has 5 heavy (non-hydrogen) atoms. The molecule has 0 saturated carbocycles. The molecule has 24 valence electrons. The van der Waals surface area contributed by atoms with Crippen molar-refractivity contribution in [3.8, 4) is 0 Å². The van der Waals surface area contributed by atoms with Gasteiger partial charge in [0.2, 0.25) is 0 Å². The Morgan fingerprint density at radius 1 is 0.800 bits per heavy atom. The molecular formula is C2H6Hg2Se. The van der Waals surface area contributed by atoms with Gasteiger partial charge in [-0.25, -0.2) is 0 Å². The topological polar surface area (TPSA) is 0 Å². The van der Waals surface area contributed by atoms with Gasteiger partial charge in [-0.3, -0.25) is 0 Å². The van der Waals surface area contributed by atoms with Gasteiger partial charge in [-0.2, -0.15) is 0 Å². The zero-order valence-electron chi connectivity index (χ0n) is 3.82. The number of hydrogen-bond donors (Lipinski definition) is 0. The summed E-state index contributed by atoms with van der Waals surface area (Å²) in [5.41, 5.74) is 0. The van der Waals surface area contributed by atoms with Crippen LogP contribution in [0.25, 0.3) is 0 Å². The summed E-state index contributed by atoms with van der Waals surface area (Å²) in [5.74, 6) is 0. The van der Waals surface area contributed by atoms with Crippen LogP contribution >= 0.6 is 0 Å². The monoisotopic (exact) mass is 514 g/mol. The van der Waals surface area contributed by atoms with Crippen LogP contribution < -0.4 is 0 Å². The maximum Gasteiger partial charge on any atom is 0 e. The van der Waals surface area contributed by atoms with Crippen LogP contribution in [0.3, 0.4) is 0 Å². The Bertz CT molecular complexity index is 7.61. The third-order valence-electron chi connectivity index (χ3n) is 0. The van der Waals surface area contributed by atoms with Gasteiger partial charge >= 0.3 is 61.1 Å². The van der Waals surface area contributed by atoms with Gasteiger partial charge in [-0.05, 0) is 0 Å². The van der Waals surface area contributed by atoms with Crippen molar-refractivity contribution >= 4 is 17.1 Å². The minimum absolute atomic E-state index is 0. The Labute approximate surface area is 76.9 Å². The van der Waals surface area contributed by atoms with Crippen LogP contribution in [0.15, 0.2) is 0 Å². The molecular weight excluding hydrogens is 504 g/mol. The van der Waals surface area contributed by atoms with Crippen LogP contribution in [0.5, 0.6) is 0 Å². The molecule has 0 unspecified atom stereocenters. The van der Waals surface area contributed by atoms with Gasteiger partial charge in [0.15, 0.2) is 0 Å². The molecule has 0 atom stereocenters. The van der Waals surface area contributed by atoms with Crippen molar-refractivity contribution in [2.75, 3.05) is 0 Å². The second kappa shape index (κ2) is 32.5. The molecule has 0 aromatic rings. The Morgan fingerprint density at radius 3 is 0.800 bits per heavy atom. The minimum atomic E-state index is 0. The van der Waals surface area contributed by atoms with Crippen LogP contribution in [0.4, 0.5) is 0 Å². The predicted octanol–water partition coefficient (Wildman–Crippen LogP) is 0.782. The third-order valence-corrected chi connectivity index (χ3v) is 0. The molecule has 0 nitrogen and oxygen atoms in total. The van der Waals surface area contributed by atoms with Gasteiger partial charge in [-0.1, -0.05) is 0 Å². The first-order valence-electron chi connectivity index (χ1n) is 1.41. The molecule has 0 spiro atoms. The molecule has 0 aliphatic carbocycles. The van der Waals surface area contributed by atoms with Crippen LogP contribution in [0.2, 0.25) is 8.86 Å². The fourth-order valence-corrected chi connectivity index (χ4v) is 0. The summed E-state index contributed by atoms with van der Waals surface area (Å²) in [6.07, 6.45) is 0. The first-order chi connectivity index (χ1) is 2.00. The maximum absolute atomic E-state index is 2.19. The van der Waals surface area contributed by atoms with E-state index in [1.807, 2.05) is 0 Å². The molecule has 0 amide bonds. The summed E-state index contributed by atoms with van der Waals surface area (Å²) in [7, 11) is 0. The van der Waals surface area contributed by atoms with E-state index in [0.29, 0.717) is 0 Å². The smallest absolute Gasteiger partial charge is 0 e. The van der Waals surface area contributed by atoms with Gasteiger partial charge < -0.3 is 0 Å². The van der Waals surface area contributed by atoms with E-state index >= 15 is 0 Å². The standard InChI is InChI=1S/2CH3.2Hg.Se/h2*1H3;;;. The Balaban J connectivity index is -0.0000000133. The summed E-state index contributed by atoms with van der Waals surface area (Å²) in [5, 5.41) is 0. The normalized spacial score (nSPS) is 2.80. The second-order valence-electron chi connectivity index (χ2n) is 0. The molecule has 0 fully saturated rings. The Morgan fingerprint density at radius 2 is 0.800 bits per heavy atom. The molecule has 0 aliphatic rings. The summed E-state index contributed by atoms with van der Waals surface area (Å²) < 4.78 is 4.39. The molecule has 0 rings (SSSR count). The van der Waals surface area contributed by atoms with E-state index in [1.54, 1.807) is 0 Å². The SMILES string of the molecule is [CH3][Hg].[CH3][Hg].[Se]. The summed E-state index contributed by atoms with van der Waals surface area (Å²) in [6.45, 7) is 0. The van der Waals surface area contributed by atoms with Crippen molar-refractivity contribution in [2.45, 2.75) is 8.86 Å². The van der Waals surface area contributed by atoms with E-state index in [-0.39, 0.29) is 17.1 Å². The van der Waals surface area contributed by atoms with Crippen LogP contribution in [0, 0.1) is 0 Å². The van der Waals surface area contributed by atoms with Crippen molar-refractivity contribution in [2.24, 2.45) is 0 Å². The molecule has 0 bridgehead atoms. The van der Waals surface area contributed by atoms with E-state index in [9.17, 15) is 0 Å². The van der Waals surface area contributed by atoms with E-state index in [2.05, 4.69) is 8.86 Å². The Kier molecular flexibility index (Phi) is 102. The molecule has 3 heteroatoms. The van der Waals surface area contributed by atoms with Crippen LogP contribution in [0.1, 0.15) is 0 Å². The van der Waals surface area contributed by atoms with Crippen LogP contribution in [-0.4, -0.2) is 17.1 Å². The second-order valence-corrected chi connectivity index (χ2v) is 0. The van der Waals surface area contributed by atoms with Crippen molar-refractivity contribution in [1.29, 1.82) is 0 Å². The molecule has 0 saturated heterocycles. The van der Waals surface area contributed by atoms with E-state index in [1.165, 1.54) is 0 Å². The van der Waals surface area contributed by atoms with Gasteiger partial charge in [0.05, 0.1) is 0 Å². The summed E-state index contributed by atoms with van der Waals surface area (Å²) in [4.78, 5) is 0. The average Bonchev–Trinajstić information content (AvgIpc) is 1.50. The van der Waals surface area contributed by atoms with Crippen molar-refractivity contribution in [3.63, 3.8) is 0 Å². The van der Waals surface area contributed by atoms with Crippen molar-refractivity contribution < 1.29 is 52.2 Å².